The highest BCUT2D eigenvalue weighted by atomic mass is 19.1. The molecular weight excluding hydrogens is 301 g/mol. The molecule has 1 saturated carbocycles. The van der Waals surface area contributed by atoms with Crippen molar-refractivity contribution in [2.24, 2.45) is 0 Å². The second-order valence-electron chi connectivity index (χ2n) is 7.11. The van der Waals surface area contributed by atoms with Gasteiger partial charge in [-0.05, 0) is 37.0 Å². The predicted octanol–water partition coefficient (Wildman–Crippen LogP) is 4.61. The highest BCUT2D eigenvalue weighted by Gasteiger charge is 2.29. The first kappa shape index (κ1) is 15.7. The summed E-state index contributed by atoms with van der Waals surface area (Å²) in [6, 6.07) is 7.29. The van der Waals surface area contributed by atoms with E-state index in [0.717, 1.165) is 25.3 Å². The van der Waals surface area contributed by atoms with Crippen LogP contribution in [-0.2, 0) is 6.54 Å². The molecule has 0 radical (unpaired) electrons. The van der Waals surface area contributed by atoms with Gasteiger partial charge in [0.05, 0.1) is 0 Å². The summed E-state index contributed by atoms with van der Waals surface area (Å²) in [6.07, 6.45) is 11.6. The summed E-state index contributed by atoms with van der Waals surface area (Å²) in [5.41, 5.74) is 2.36. The van der Waals surface area contributed by atoms with Crippen molar-refractivity contribution in [2.45, 2.75) is 57.0 Å². The van der Waals surface area contributed by atoms with E-state index in [-0.39, 0.29) is 5.82 Å². The summed E-state index contributed by atoms with van der Waals surface area (Å²) in [7, 11) is 0. The zero-order valence-electron chi connectivity index (χ0n) is 14.0. The van der Waals surface area contributed by atoms with Gasteiger partial charge >= 0.3 is 0 Å². The minimum Gasteiger partial charge on any atom is -0.292 e. The molecule has 126 valence electrons. The van der Waals surface area contributed by atoms with Gasteiger partial charge in [-0.25, -0.2) is 14.4 Å². The van der Waals surface area contributed by atoms with E-state index in [1.54, 1.807) is 12.1 Å². The van der Waals surface area contributed by atoms with Crippen molar-refractivity contribution in [3.8, 4) is 0 Å². The monoisotopic (exact) mass is 325 g/mol. The number of rotatable bonds is 4. The molecule has 1 unspecified atom stereocenters. The number of hydrogen-bond donors (Lipinski definition) is 0. The Balaban J connectivity index is 1.39. The zero-order valence-corrected chi connectivity index (χ0v) is 14.0. The molecule has 1 saturated heterocycles. The molecule has 0 bridgehead atoms. The molecule has 2 aromatic rings. The van der Waals surface area contributed by atoms with Crippen molar-refractivity contribution in [1.82, 2.24) is 14.9 Å². The first-order valence-corrected chi connectivity index (χ1v) is 9.10. The van der Waals surface area contributed by atoms with E-state index in [9.17, 15) is 4.39 Å². The Morgan fingerprint density at radius 3 is 2.29 bits per heavy atom. The van der Waals surface area contributed by atoms with Crippen LogP contribution in [0.25, 0.3) is 0 Å². The lowest BCUT2D eigenvalue weighted by Gasteiger charge is -2.41. The van der Waals surface area contributed by atoms with Gasteiger partial charge in [0, 0.05) is 43.0 Å². The molecule has 0 N–H and O–H groups in total. The molecule has 3 nitrogen and oxygen atoms in total. The normalized spacial score (nSPS) is 22.3. The Morgan fingerprint density at radius 1 is 0.958 bits per heavy atom. The van der Waals surface area contributed by atoms with Crippen molar-refractivity contribution in [1.29, 1.82) is 0 Å². The first-order chi connectivity index (χ1) is 11.8. The van der Waals surface area contributed by atoms with Gasteiger partial charge in [0.1, 0.15) is 11.6 Å². The molecule has 1 aliphatic carbocycles. The van der Waals surface area contributed by atoms with Crippen molar-refractivity contribution in [3.63, 3.8) is 0 Å². The van der Waals surface area contributed by atoms with Crippen LogP contribution in [-0.4, -0.2) is 21.4 Å². The Bertz CT molecular complexity index is 662. The van der Waals surface area contributed by atoms with Crippen molar-refractivity contribution >= 4 is 0 Å². The number of nitrogens with zero attached hydrogens (tertiary/aromatic N) is 3. The molecule has 4 heteroatoms. The summed E-state index contributed by atoms with van der Waals surface area (Å²) in [5, 5.41) is 0. The maximum absolute atomic E-state index is 13.1. The SMILES string of the molecule is Fc1ccc(C2CCN2Cc2cnc(C3CCCCC3)nc2)cc1. The molecule has 0 amide bonds. The van der Waals surface area contributed by atoms with Crippen LogP contribution in [0.3, 0.4) is 0 Å². The molecule has 2 fully saturated rings. The van der Waals surface area contributed by atoms with Gasteiger partial charge in [-0.2, -0.15) is 0 Å². The number of benzene rings is 1. The second-order valence-corrected chi connectivity index (χ2v) is 7.11. The summed E-state index contributed by atoms with van der Waals surface area (Å²) >= 11 is 0. The fraction of sp³-hybridized carbons (Fsp3) is 0.500. The van der Waals surface area contributed by atoms with Crippen molar-refractivity contribution in [2.75, 3.05) is 6.54 Å². The van der Waals surface area contributed by atoms with Crippen molar-refractivity contribution in [3.05, 3.63) is 59.4 Å². The summed E-state index contributed by atoms with van der Waals surface area (Å²) < 4.78 is 13.1. The van der Waals surface area contributed by atoms with E-state index in [1.807, 2.05) is 24.5 Å². The minimum absolute atomic E-state index is 0.170. The molecule has 1 aromatic heterocycles. The average molecular weight is 325 g/mol. The summed E-state index contributed by atoms with van der Waals surface area (Å²) in [4.78, 5) is 11.7. The van der Waals surface area contributed by atoms with Crippen molar-refractivity contribution < 1.29 is 4.39 Å². The van der Waals surface area contributed by atoms with Gasteiger partial charge in [0.25, 0.3) is 0 Å². The third kappa shape index (κ3) is 3.34. The van der Waals surface area contributed by atoms with Gasteiger partial charge in [-0.1, -0.05) is 31.4 Å². The zero-order chi connectivity index (χ0) is 16.4. The van der Waals surface area contributed by atoms with Gasteiger partial charge in [0.15, 0.2) is 0 Å². The van der Waals surface area contributed by atoms with Crippen LogP contribution in [0.2, 0.25) is 0 Å². The van der Waals surface area contributed by atoms with Crippen LogP contribution in [0.5, 0.6) is 0 Å². The number of likely N-dealkylation sites (tertiary alicyclic amines) is 1. The van der Waals surface area contributed by atoms with Gasteiger partial charge in [0.2, 0.25) is 0 Å². The lowest BCUT2D eigenvalue weighted by Crippen LogP contribution is -2.40. The molecule has 0 spiro atoms. The standard InChI is InChI=1S/C20H24FN3/c21-18-8-6-16(7-9-18)19-10-11-24(19)14-15-12-22-20(23-13-15)17-4-2-1-3-5-17/h6-9,12-13,17,19H,1-5,10-11,14H2. The second kappa shape index (κ2) is 6.98. The third-order valence-corrected chi connectivity index (χ3v) is 5.47. The van der Waals surface area contributed by atoms with Gasteiger partial charge in [-0.3, -0.25) is 4.90 Å². The molecule has 1 atom stereocenters. The van der Waals surface area contributed by atoms with E-state index < -0.39 is 0 Å². The Kier molecular flexibility index (Phi) is 4.56. The highest BCUT2D eigenvalue weighted by Crippen LogP contribution is 2.35. The van der Waals surface area contributed by atoms with E-state index in [1.165, 1.54) is 43.2 Å². The van der Waals surface area contributed by atoms with Crippen LogP contribution >= 0.6 is 0 Å². The lowest BCUT2D eigenvalue weighted by molar-refractivity contribution is 0.0816. The smallest absolute Gasteiger partial charge is 0.131 e. The molecular formula is C20H24FN3. The largest absolute Gasteiger partial charge is 0.292 e. The fourth-order valence-electron chi connectivity index (χ4n) is 3.94. The van der Waals surface area contributed by atoms with Crippen LogP contribution < -0.4 is 0 Å². The molecule has 4 rings (SSSR count). The van der Waals surface area contributed by atoms with Crippen LogP contribution in [0.1, 0.15) is 67.4 Å². The first-order valence-electron chi connectivity index (χ1n) is 9.10. The van der Waals surface area contributed by atoms with Gasteiger partial charge < -0.3 is 0 Å². The molecule has 2 aliphatic rings. The number of halogens is 1. The van der Waals surface area contributed by atoms with E-state index in [4.69, 9.17) is 0 Å². The average Bonchev–Trinajstić information content (AvgIpc) is 2.62. The van der Waals surface area contributed by atoms with Crippen LogP contribution in [0, 0.1) is 5.82 Å². The summed E-state index contributed by atoms with van der Waals surface area (Å²) in [5.74, 6) is 1.41. The van der Waals surface area contributed by atoms with E-state index in [2.05, 4.69) is 14.9 Å². The molecule has 1 aliphatic heterocycles. The summed E-state index contributed by atoms with van der Waals surface area (Å²) in [6.45, 7) is 1.94. The topological polar surface area (TPSA) is 29.0 Å². The molecule has 1 aromatic carbocycles. The maximum Gasteiger partial charge on any atom is 0.131 e. The Labute approximate surface area is 142 Å². The highest BCUT2D eigenvalue weighted by molar-refractivity contribution is 5.22. The third-order valence-electron chi connectivity index (χ3n) is 5.47. The Morgan fingerprint density at radius 2 is 1.67 bits per heavy atom. The number of aromatic nitrogens is 2. The van der Waals surface area contributed by atoms with Crippen LogP contribution in [0.15, 0.2) is 36.7 Å². The predicted molar refractivity (Wildman–Crippen MR) is 92.0 cm³/mol. The lowest BCUT2D eigenvalue weighted by atomic mass is 9.88. The van der Waals surface area contributed by atoms with Crippen LogP contribution in [0.4, 0.5) is 4.39 Å². The Hall–Kier alpha value is -1.81. The maximum atomic E-state index is 13.1. The molecule has 2 heterocycles. The van der Waals surface area contributed by atoms with Gasteiger partial charge in [-0.15, -0.1) is 0 Å². The fourth-order valence-corrected chi connectivity index (χ4v) is 3.94. The van der Waals surface area contributed by atoms with E-state index in [0.29, 0.717) is 12.0 Å². The minimum atomic E-state index is -0.170. The van der Waals surface area contributed by atoms with E-state index >= 15 is 0 Å². The number of hydrogen-bond acceptors (Lipinski definition) is 3. The quantitative estimate of drug-likeness (QED) is 0.822. The molecule has 24 heavy (non-hydrogen) atoms.